The second-order valence-corrected chi connectivity index (χ2v) is 5.42. The van der Waals surface area contributed by atoms with Crippen molar-refractivity contribution in [2.75, 3.05) is 5.32 Å². The van der Waals surface area contributed by atoms with Crippen molar-refractivity contribution >= 4 is 22.4 Å². The van der Waals surface area contributed by atoms with E-state index >= 15 is 0 Å². The number of halogens is 1. The van der Waals surface area contributed by atoms with Crippen LogP contribution in [0, 0.1) is 12.7 Å². The summed E-state index contributed by atoms with van der Waals surface area (Å²) in [5.41, 5.74) is 1.37. The van der Waals surface area contributed by atoms with E-state index in [1.165, 1.54) is 22.9 Å². The van der Waals surface area contributed by atoms with Crippen LogP contribution in [0.4, 0.5) is 10.1 Å². The first-order chi connectivity index (χ1) is 11.0. The molecule has 2 aromatic carbocycles. The molecular weight excluding hydrogens is 295 g/mol. The SMILES string of the molecule is Cc1ccc(F)cc1NC(=O)c1cn(C)c(=O)c2ccccc12. The highest BCUT2D eigenvalue weighted by Crippen LogP contribution is 2.20. The summed E-state index contributed by atoms with van der Waals surface area (Å²) in [6, 6.07) is 11.1. The number of anilines is 1. The number of rotatable bonds is 2. The maximum absolute atomic E-state index is 13.4. The molecule has 0 fully saturated rings. The fourth-order valence-corrected chi connectivity index (χ4v) is 2.52. The smallest absolute Gasteiger partial charge is 0.258 e. The average molecular weight is 310 g/mol. The molecule has 0 unspecified atom stereocenters. The summed E-state index contributed by atoms with van der Waals surface area (Å²) in [5, 5.41) is 3.75. The molecule has 5 heteroatoms. The number of carbonyl (C=O) groups is 1. The second kappa shape index (κ2) is 5.68. The lowest BCUT2D eigenvalue weighted by Crippen LogP contribution is -2.21. The van der Waals surface area contributed by atoms with Crippen LogP contribution in [0.3, 0.4) is 0 Å². The van der Waals surface area contributed by atoms with E-state index in [0.29, 0.717) is 22.0 Å². The maximum atomic E-state index is 13.4. The Morgan fingerprint density at radius 3 is 2.57 bits per heavy atom. The quantitative estimate of drug-likeness (QED) is 0.790. The van der Waals surface area contributed by atoms with Crippen LogP contribution in [0.1, 0.15) is 15.9 Å². The number of amides is 1. The van der Waals surface area contributed by atoms with E-state index in [-0.39, 0.29) is 11.5 Å². The Morgan fingerprint density at radius 2 is 1.83 bits per heavy atom. The molecule has 1 heterocycles. The van der Waals surface area contributed by atoms with Crippen LogP contribution >= 0.6 is 0 Å². The summed E-state index contributed by atoms with van der Waals surface area (Å²) in [5.74, 6) is -0.804. The van der Waals surface area contributed by atoms with Gasteiger partial charge in [-0.2, -0.15) is 0 Å². The third-order valence-electron chi connectivity index (χ3n) is 3.78. The highest BCUT2D eigenvalue weighted by molar-refractivity contribution is 6.12. The maximum Gasteiger partial charge on any atom is 0.258 e. The van der Waals surface area contributed by atoms with Gasteiger partial charge in [0.15, 0.2) is 0 Å². The molecule has 0 spiro atoms. The molecule has 0 saturated carbocycles. The number of carbonyl (C=O) groups excluding carboxylic acids is 1. The van der Waals surface area contributed by atoms with E-state index in [4.69, 9.17) is 0 Å². The van der Waals surface area contributed by atoms with E-state index in [2.05, 4.69) is 5.32 Å². The van der Waals surface area contributed by atoms with Crippen LogP contribution in [-0.2, 0) is 7.05 Å². The van der Waals surface area contributed by atoms with Crippen LogP contribution < -0.4 is 10.9 Å². The first kappa shape index (κ1) is 15.0. The Kier molecular flexibility index (Phi) is 3.70. The number of fused-ring (bicyclic) bond motifs is 1. The highest BCUT2D eigenvalue weighted by atomic mass is 19.1. The lowest BCUT2D eigenvalue weighted by Gasteiger charge is -2.11. The molecule has 1 aromatic heterocycles. The lowest BCUT2D eigenvalue weighted by atomic mass is 10.1. The van der Waals surface area contributed by atoms with Gasteiger partial charge in [0.05, 0.1) is 5.56 Å². The molecule has 3 rings (SSSR count). The van der Waals surface area contributed by atoms with Crippen molar-refractivity contribution in [3.63, 3.8) is 0 Å². The van der Waals surface area contributed by atoms with Gasteiger partial charge in [0.25, 0.3) is 11.5 Å². The number of nitrogens with zero attached hydrogens (tertiary/aromatic N) is 1. The monoisotopic (exact) mass is 310 g/mol. The number of aromatic nitrogens is 1. The number of benzene rings is 2. The van der Waals surface area contributed by atoms with Gasteiger partial charge in [0.2, 0.25) is 0 Å². The summed E-state index contributed by atoms with van der Waals surface area (Å²) >= 11 is 0. The molecule has 0 aliphatic heterocycles. The van der Waals surface area contributed by atoms with Gasteiger partial charge in [-0.15, -0.1) is 0 Å². The molecular formula is C18H15FN2O2. The predicted octanol–water partition coefficient (Wildman–Crippen LogP) is 3.24. The molecule has 0 bridgehead atoms. The van der Waals surface area contributed by atoms with Crippen molar-refractivity contribution in [1.29, 1.82) is 0 Å². The largest absolute Gasteiger partial charge is 0.322 e. The summed E-state index contributed by atoms with van der Waals surface area (Å²) in [6.45, 7) is 1.79. The van der Waals surface area contributed by atoms with Gasteiger partial charge in [-0.3, -0.25) is 9.59 Å². The highest BCUT2D eigenvalue weighted by Gasteiger charge is 2.14. The molecule has 0 aliphatic rings. The van der Waals surface area contributed by atoms with Crippen molar-refractivity contribution in [3.8, 4) is 0 Å². The molecule has 0 atom stereocenters. The Bertz CT molecular complexity index is 976. The molecule has 3 aromatic rings. The molecule has 0 aliphatic carbocycles. The van der Waals surface area contributed by atoms with Crippen molar-refractivity contribution in [3.05, 3.63) is 76.0 Å². The van der Waals surface area contributed by atoms with Crippen LogP contribution in [0.5, 0.6) is 0 Å². The molecule has 4 nitrogen and oxygen atoms in total. The minimum atomic E-state index is -0.420. The van der Waals surface area contributed by atoms with E-state index in [9.17, 15) is 14.0 Å². The molecule has 116 valence electrons. The Morgan fingerprint density at radius 1 is 1.13 bits per heavy atom. The number of hydrogen-bond acceptors (Lipinski definition) is 2. The third-order valence-corrected chi connectivity index (χ3v) is 3.78. The zero-order valence-corrected chi connectivity index (χ0v) is 12.8. The second-order valence-electron chi connectivity index (χ2n) is 5.42. The Labute approximate surface area is 132 Å². The van der Waals surface area contributed by atoms with Crippen LogP contribution in [-0.4, -0.2) is 10.5 Å². The van der Waals surface area contributed by atoms with Gasteiger partial charge >= 0.3 is 0 Å². The van der Waals surface area contributed by atoms with Gasteiger partial charge in [0, 0.05) is 29.7 Å². The first-order valence-electron chi connectivity index (χ1n) is 7.13. The zero-order valence-electron chi connectivity index (χ0n) is 12.8. The number of aryl methyl sites for hydroxylation is 2. The van der Waals surface area contributed by atoms with Crippen molar-refractivity contribution in [1.82, 2.24) is 4.57 Å². The van der Waals surface area contributed by atoms with Gasteiger partial charge in [-0.1, -0.05) is 24.3 Å². The molecule has 0 radical (unpaired) electrons. The minimum Gasteiger partial charge on any atom is -0.322 e. The number of hydrogen-bond donors (Lipinski definition) is 1. The van der Waals surface area contributed by atoms with E-state index in [0.717, 1.165) is 5.56 Å². The van der Waals surface area contributed by atoms with E-state index < -0.39 is 5.82 Å². The molecule has 1 amide bonds. The minimum absolute atomic E-state index is 0.168. The van der Waals surface area contributed by atoms with Crippen LogP contribution in [0.15, 0.2) is 53.5 Å². The molecule has 1 N–H and O–H groups in total. The van der Waals surface area contributed by atoms with Crippen molar-refractivity contribution in [2.45, 2.75) is 6.92 Å². The zero-order chi connectivity index (χ0) is 16.6. The first-order valence-corrected chi connectivity index (χ1v) is 7.13. The van der Waals surface area contributed by atoms with E-state index in [1.807, 2.05) is 0 Å². The predicted molar refractivity (Wildman–Crippen MR) is 88.3 cm³/mol. The fourth-order valence-electron chi connectivity index (χ4n) is 2.52. The van der Waals surface area contributed by atoms with Gasteiger partial charge < -0.3 is 9.88 Å². The average Bonchev–Trinajstić information content (AvgIpc) is 2.54. The Hall–Kier alpha value is -2.95. The van der Waals surface area contributed by atoms with Crippen molar-refractivity contribution < 1.29 is 9.18 Å². The molecule has 0 saturated heterocycles. The standard InChI is InChI=1S/C18H15FN2O2/c1-11-7-8-12(19)9-16(11)20-17(22)15-10-21(2)18(23)14-6-4-3-5-13(14)15/h3-10H,1-2H3,(H,20,22). The van der Waals surface area contributed by atoms with Gasteiger partial charge in [-0.25, -0.2) is 4.39 Å². The normalized spacial score (nSPS) is 10.7. The number of nitrogens with one attached hydrogen (secondary N) is 1. The van der Waals surface area contributed by atoms with Crippen LogP contribution in [0.2, 0.25) is 0 Å². The fraction of sp³-hybridized carbons (Fsp3) is 0.111. The van der Waals surface area contributed by atoms with E-state index in [1.54, 1.807) is 44.3 Å². The summed E-state index contributed by atoms with van der Waals surface area (Å²) in [7, 11) is 1.60. The summed E-state index contributed by atoms with van der Waals surface area (Å²) < 4.78 is 14.7. The van der Waals surface area contributed by atoms with Crippen molar-refractivity contribution in [2.24, 2.45) is 7.05 Å². The topological polar surface area (TPSA) is 51.1 Å². The van der Waals surface area contributed by atoms with Gasteiger partial charge in [-0.05, 0) is 30.7 Å². The summed E-state index contributed by atoms with van der Waals surface area (Å²) in [6.07, 6.45) is 1.49. The third kappa shape index (κ3) is 2.73. The Balaban J connectivity index is 2.10. The van der Waals surface area contributed by atoms with Gasteiger partial charge in [0.1, 0.15) is 5.82 Å². The van der Waals surface area contributed by atoms with Crippen LogP contribution in [0.25, 0.3) is 10.8 Å². The lowest BCUT2D eigenvalue weighted by molar-refractivity contribution is 0.102. The summed E-state index contributed by atoms with van der Waals surface area (Å²) in [4.78, 5) is 24.7. The number of pyridine rings is 1. The molecule has 23 heavy (non-hydrogen) atoms.